The molecule has 0 aromatic heterocycles. The summed E-state index contributed by atoms with van der Waals surface area (Å²) in [6.07, 6.45) is 1.24. The number of halogens is 2. The number of hydrogen-bond acceptors (Lipinski definition) is 4. The number of ether oxygens (including phenoxy) is 1. The predicted octanol–water partition coefficient (Wildman–Crippen LogP) is 2.48. The van der Waals surface area contributed by atoms with E-state index >= 15 is 0 Å². The molecule has 19 heavy (non-hydrogen) atoms. The molecule has 0 saturated carbocycles. The number of likely N-dealkylation sites (N-methyl/N-ethyl adjacent to an activating group) is 1. The number of rotatable bonds is 5. The van der Waals surface area contributed by atoms with Gasteiger partial charge in [-0.05, 0) is 20.3 Å². The van der Waals surface area contributed by atoms with E-state index < -0.39 is 8.28 Å². The lowest BCUT2D eigenvalue weighted by atomic mass is 10.1. The minimum absolute atomic E-state index is 0.263. The molecule has 0 amide bonds. The van der Waals surface area contributed by atoms with Crippen molar-refractivity contribution in [2.75, 3.05) is 26.7 Å². The summed E-state index contributed by atoms with van der Waals surface area (Å²) >= 11 is 6.18. The van der Waals surface area contributed by atoms with Gasteiger partial charge in [0.15, 0.2) is 0 Å². The van der Waals surface area contributed by atoms with Crippen molar-refractivity contribution in [2.24, 2.45) is 10.9 Å². The minimum Gasteiger partial charge on any atom is -0.378 e. The molecule has 0 aromatic rings. The van der Waals surface area contributed by atoms with Gasteiger partial charge in [-0.25, -0.2) is 0 Å². The van der Waals surface area contributed by atoms with Crippen LogP contribution in [-0.2, 0) is 4.74 Å². The highest BCUT2D eigenvalue weighted by Gasteiger charge is 2.45. The molecule has 6 nitrogen and oxygen atoms in total. The first-order valence-corrected chi connectivity index (χ1v) is 7.77. The molecule has 1 aliphatic rings. The van der Waals surface area contributed by atoms with Crippen LogP contribution >= 0.6 is 31.9 Å². The van der Waals surface area contributed by atoms with Gasteiger partial charge in [0, 0.05) is 57.9 Å². The number of aliphatic imine (C=N–C) groups is 1. The molecule has 110 valence electrons. The van der Waals surface area contributed by atoms with Gasteiger partial charge in [-0.2, -0.15) is 0 Å². The van der Waals surface area contributed by atoms with Crippen LogP contribution in [0.3, 0.4) is 0 Å². The zero-order valence-corrected chi connectivity index (χ0v) is 14.5. The molecule has 2 atom stereocenters. The number of amidine groups is 1. The van der Waals surface area contributed by atoms with Crippen molar-refractivity contribution in [3.05, 3.63) is 10.1 Å². The second-order valence-electron chi connectivity index (χ2n) is 4.63. The van der Waals surface area contributed by atoms with E-state index in [9.17, 15) is 10.1 Å². The summed E-state index contributed by atoms with van der Waals surface area (Å²) in [6.45, 7) is 6.07. The van der Waals surface area contributed by atoms with Crippen LogP contribution in [0.2, 0.25) is 0 Å². The van der Waals surface area contributed by atoms with Gasteiger partial charge in [0.2, 0.25) is 5.84 Å². The number of hydrogen-bond donors (Lipinski definition) is 0. The smallest absolute Gasteiger partial charge is 0.378 e. The van der Waals surface area contributed by atoms with Crippen molar-refractivity contribution in [1.82, 2.24) is 4.90 Å². The van der Waals surface area contributed by atoms with Gasteiger partial charge in [0.1, 0.15) is 0 Å². The lowest BCUT2D eigenvalue weighted by Gasteiger charge is -2.29. The normalized spacial score (nSPS) is 24.6. The summed E-state index contributed by atoms with van der Waals surface area (Å²) in [5, 5.41) is 11.1. The Labute approximate surface area is 130 Å². The first-order valence-electron chi connectivity index (χ1n) is 6.19. The first-order chi connectivity index (χ1) is 8.82. The molecule has 0 aromatic carbocycles. The van der Waals surface area contributed by atoms with E-state index in [-0.39, 0.29) is 6.10 Å². The fourth-order valence-corrected chi connectivity index (χ4v) is 3.11. The van der Waals surface area contributed by atoms with Gasteiger partial charge in [-0.3, -0.25) is 15.1 Å². The fourth-order valence-electron chi connectivity index (χ4n) is 2.26. The van der Waals surface area contributed by atoms with Crippen LogP contribution in [0.15, 0.2) is 4.99 Å². The van der Waals surface area contributed by atoms with Gasteiger partial charge in [0.05, 0.1) is 17.6 Å². The Morgan fingerprint density at radius 1 is 1.63 bits per heavy atom. The summed E-state index contributed by atoms with van der Waals surface area (Å²) in [5.41, 5.74) is 0. The number of alkyl halides is 2. The van der Waals surface area contributed by atoms with E-state index in [2.05, 4.69) is 36.9 Å². The molecule has 0 aliphatic carbocycles. The second-order valence-corrected chi connectivity index (χ2v) is 7.99. The summed E-state index contributed by atoms with van der Waals surface area (Å²) in [5.74, 6) is 0.758. The van der Waals surface area contributed by atoms with E-state index in [0.29, 0.717) is 31.4 Å². The predicted molar refractivity (Wildman–Crippen MR) is 81.7 cm³/mol. The van der Waals surface area contributed by atoms with Crippen LogP contribution in [0.1, 0.15) is 20.3 Å². The SMILES string of the molecule is CCN(CC1COC(C)C1)C(=NC)C(Br)(Br)[N+](=O)[O-]. The molecule has 0 radical (unpaired) electrons. The Hall–Kier alpha value is -0.210. The van der Waals surface area contributed by atoms with E-state index in [0.717, 1.165) is 6.42 Å². The Morgan fingerprint density at radius 2 is 2.26 bits per heavy atom. The molecule has 0 bridgehead atoms. The van der Waals surface area contributed by atoms with E-state index in [1.807, 2.05) is 18.7 Å². The zero-order valence-electron chi connectivity index (χ0n) is 11.3. The summed E-state index contributed by atoms with van der Waals surface area (Å²) < 4.78 is 4.00. The Morgan fingerprint density at radius 3 is 2.63 bits per heavy atom. The number of nitrogens with zero attached hydrogens (tertiary/aromatic N) is 3. The molecule has 1 rings (SSSR count). The standard InChI is InChI=1S/C11H19Br2N3O3/c1-4-15(6-9-5-8(2)19-7-9)10(14-3)11(12,13)16(17)18/h8-9H,4-7H2,1-3H3. The summed E-state index contributed by atoms with van der Waals surface area (Å²) in [4.78, 5) is 16.7. The molecular weight excluding hydrogens is 382 g/mol. The topological polar surface area (TPSA) is 68.0 Å². The molecule has 1 heterocycles. The van der Waals surface area contributed by atoms with Crippen LogP contribution < -0.4 is 0 Å². The quantitative estimate of drug-likeness (QED) is 0.177. The molecule has 1 fully saturated rings. The first kappa shape index (κ1) is 16.8. The average molecular weight is 401 g/mol. The molecule has 1 aliphatic heterocycles. The van der Waals surface area contributed by atoms with Crippen molar-refractivity contribution in [2.45, 2.75) is 29.7 Å². The van der Waals surface area contributed by atoms with Crippen LogP contribution in [0.5, 0.6) is 0 Å². The third-order valence-electron chi connectivity index (χ3n) is 3.15. The zero-order chi connectivity index (χ0) is 14.6. The maximum absolute atomic E-state index is 11.1. The van der Waals surface area contributed by atoms with Crippen LogP contribution in [0.25, 0.3) is 0 Å². The van der Waals surface area contributed by atoms with E-state index in [1.165, 1.54) is 0 Å². The van der Waals surface area contributed by atoms with Gasteiger partial charge in [0.25, 0.3) is 0 Å². The van der Waals surface area contributed by atoms with E-state index in [1.54, 1.807) is 7.05 Å². The van der Waals surface area contributed by atoms with Crippen molar-refractivity contribution in [3.63, 3.8) is 0 Å². The molecule has 1 saturated heterocycles. The Kier molecular flexibility index (Phi) is 6.19. The highest BCUT2D eigenvalue weighted by atomic mass is 79.9. The Bertz CT molecular complexity index is 363. The lowest BCUT2D eigenvalue weighted by molar-refractivity contribution is -0.486. The minimum atomic E-state index is -1.53. The average Bonchev–Trinajstić information content (AvgIpc) is 2.73. The maximum atomic E-state index is 11.1. The lowest BCUT2D eigenvalue weighted by Crippen LogP contribution is -2.47. The molecule has 0 spiro atoms. The van der Waals surface area contributed by atoms with Crippen LogP contribution in [0.4, 0.5) is 0 Å². The molecule has 2 unspecified atom stereocenters. The molecule has 0 N–H and O–H groups in total. The fraction of sp³-hybridized carbons (Fsp3) is 0.909. The monoisotopic (exact) mass is 399 g/mol. The van der Waals surface area contributed by atoms with Crippen LogP contribution in [0, 0.1) is 16.0 Å². The largest absolute Gasteiger partial charge is 0.382 e. The van der Waals surface area contributed by atoms with Crippen molar-refractivity contribution < 1.29 is 9.66 Å². The Balaban J connectivity index is 2.80. The van der Waals surface area contributed by atoms with Gasteiger partial charge in [-0.15, -0.1) is 0 Å². The van der Waals surface area contributed by atoms with Gasteiger partial charge < -0.3 is 9.64 Å². The highest BCUT2D eigenvalue weighted by molar-refractivity contribution is 9.25. The van der Waals surface area contributed by atoms with Gasteiger partial charge in [-0.1, -0.05) is 0 Å². The molecule has 8 heteroatoms. The third-order valence-corrected chi connectivity index (χ3v) is 4.44. The highest BCUT2D eigenvalue weighted by Crippen LogP contribution is 2.31. The second kappa shape index (κ2) is 6.99. The number of nitro groups is 1. The summed E-state index contributed by atoms with van der Waals surface area (Å²) in [6, 6.07) is 0. The van der Waals surface area contributed by atoms with Crippen molar-refractivity contribution in [3.8, 4) is 0 Å². The summed E-state index contributed by atoms with van der Waals surface area (Å²) in [7, 11) is 1.56. The van der Waals surface area contributed by atoms with E-state index in [4.69, 9.17) is 4.74 Å². The maximum Gasteiger partial charge on any atom is 0.382 e. The third kappa shape index (κ3) is 4.13. The van der Waals surface area contributed by atoms with Crippen LogP contribution in [-0.4, -0.2) is 51.9 Å². The van der Waals surface area contributed by atoms with Crippen molar-refractivity contribution >= 4 is 37.7 Å². The van der Waals surface area contributed by atoms with Crippen molar-refractivity contribution in [1.29, 1.82) is 0 Å². The molecular formula is C11H19Br2N3O3. The van der Waals surface area contributed by atoms with Gasteiger partial charge >= 0.3 is 3.36 Å².